The summed E-state index contributed by atoms with van der Waals surface area (Å²) in [5, 5.41) is 11.3. The van der Waals surface area contributed by atoms with Gasteiger partial charge in [0.1, 0.15) is 5.76 Å². The Morgan fingerprint density at radius 3 is 2.17 bits per heavy atom. The molecule has 2 heterocycles. The number of hydrogen-bond acceptors (Lipinski definition) is 8. The molecule has 0 aromatic heterocycles. The standard InChI is InChI=1S/C26H29BrN2O7/c1-33-19-14-17(15-20(34-2)25(19)35-3)22-21(23(30)16-4-6-18(27)7-5-16)24(31)26(32)29(22)9-8-28-10-12-36-13-11-28/h4-7,14-15,22,30H,8-13H2,1-3H3/b23-21-. The molecular weight excluding hydrogens is 532 g/mol. The normalized spacial score (nSPS) is 20.0. The number of amides is 1. The molecule has 1 N–H and O–H groups in total. The molecule has 2 aromatic rings. The van der Waals surface area contributed by atoms with Crippen molar-refractivity contribution in [2.24, 2.45) is 0 Å². The largest absolute Gasteiger partial charge is 0.507 e. The van der Waals surface area contributed by atoms with Gasteiger partial charge in [0.25, 0.3) is 11.7 Å². The summed E-state index contributed by atoms with van der Waals surface area (Å²) in [5.74, 6) is -0.490. The average molecular weight is 561 g/mol. The van der Waals surface area contributed by atoms with E-state index in [1.54, 1.807) is 36.4 Å². The Bertz CT molecular complexity index is 1130. The van der Waals surface area contributed by atoms with E-state index in [1.807, 2.05) is 0 Å². The van der Waals surface area contributed by atoms with Crippen LogP contribution in [0, 0.1) is 0 Å². The topological polar surface area (TPSA) is 97.8 Å². The number of carbonyl (C=O) groups excluding carboxylic acids is 2. The van der Waals surface area contributed by atoms with Gasteiger partial charge in [-0.05, 0) is 29.8 Å². The van der Waals surface area contributed by atoms with Crippen molar-refractivity contribution in [3.8, 4) is 17.2 Å². The second-order valence-electron chi connectivity index (χ2n) is 8.41. The van der Waals surface area contributed by atoms with E-state index in [9.17, 15) is 14.7 Å². The molecular formula is C26H29BrN2O7. The summed E-state index contributed by atoms with van der Waals surface area (Å²) in [5.41, 5.74) is 1.00. The first-order chi connectivity index (χ1) is 17.4. The lowest BCUT2D eigenvalue weighted by Gasteiger charge is -2.31. The van der Waals surface area contributed by atoms with Crippen LogP contribution in [0.2, 0.25) is 0 Å². The van der Waals surface area contributed by atoms with Gasteiger partial charge in [0.05, 0.1) is 46.2 Å². The van der Waals surface area contributed by atoms with E-state index in [4.69, 9.17) is 18.9 Å². The van der Waals surface area contributed by atoms with Crippen molar-refractivity contribution < 1.29 is 33.6 Å². The number of halogens is 1. The van der Waals surface area contributed by atoms with Gasteiger partial charge in [0.15, 0.2) is 11.5 Å². The number of benzene rings is 2. The van der Waals surface area contributed by atoms with Gasteiger partial charge in [-0.15, -0.1) is 0 Å². The summed E-state index contributed by atoms with van der Waals surface area (Å²) in [6, 6.07) is 9.46. The fraction of sp³-hybridized carbons (Fsp3) is 0.385. The molecule has 9 nitrogen and oxygen atoms in total. The van der Waals surface area contributed by atoms with Crippen LogP contribution >= 0.6 is 15.9 Å². The molecule has 0 radical (unpaired) electrons. The van der Waals surface area contributed by atoms with E-state index in [1.165, 1.54) is 26.2 Å². The first-order valence-corrected chi connectivity index (χ1v) is 12.3. The maximum atomic E-state index is 13.3. The molecule has 2 aliphatic heterocycles. The van der Waals surface area contributed by atoms with Crippen LogP contribution in [0.3, 0.4) is 0 Å². The lowest BCUT2D eigenvalue weighted by atomic mass is 9.94. The summed E-state index contributed by atoms with van der Waals surface area (Å²) < 4.78 is 22.7. The third-order valence-corrected chi connectivity index (χ3v) is 6.95. The molecule has 1 amide bonds. The number of ketones is 1. The van der Waals surface area contributed by atoms with Gasteiger partial charge >= 0.3 is 0 Å². The Hall–Kier alpha value is -3.08. The maximum absolute atomic E-state index is 13.3. The number of Topliss-reactive ketones (excluding diaryl/α,β-unsaturated/α-hetero) is 1. The second-order valence-corrected chi connectivity index (χ2v) is 9.33. The molecule has 1 unspecified atom stereocenters. The number of hydrogen-bond donors (Lipinski definition) is 1. The number of ether oxygens (including phenoxy) is 4. The summed E-state index contributed by atoms with van der Waals surface area (Å²) in [6.45, 7) is 3.60. The molecule has 192 valence electrons. The molecule has 0 spiro atoms. The van der Waals surface area contributed by atoms with Gasteiger partial charge in [-0.2, -0.15) is 0 Å². The van der Waals surface area contributed by atoms with Gasteiger partial charge in [0.2, 0.25) is 5.75 Å². The molecule has 0 bridgehead atoms. The number of likely N-dealkylation sites (tertiary alicyclic amines) is 1. The van der Waals surface area contributed by atoms with Crippen molar-refractivity contribution in [1.82, 2.24) is 9.80 Å². The minimum absolute atomic E-state index is 0.0126. The van der Waals surface area contributed by atoms with Crippen LogP contribution in [0.5, 0.6) is 17.2 Å². The van der Waals surface area contributed by atoms with E-state index in [2.05, 4.69) is 20.8 Å². The third kappa shape index (κ3) is 5.07. The Kier molecular flexibility index (Phi) is 8.17. The molecule has 2 aliphatic rings. The van der Waals surface area contributed by atoms with E-state index < -0.39 is 17.7 Å². The van der Waals surface area contributed by atoms with Crippen molar-refractivity contribution in [3.05, 3.63) is 57.6 Å². The SMILES string of the molecule is COc1cc(C2/C(=C(/O)c3ccc(Br)cc3)C(=O)C(=O)N2CCN2CCOCC2)cc(OC)c1OC. The van der Waals surface area contributed by atoms with Crippen molar-refractivity contribution in [2.45, 2.75) is 6.04 Å². The molecule has 2 fully saturated rings. The zero-order valence-electron chi connectivity index (χ0n) is 20.5. The highest BCUT2D eigenvalue weighted by Crippen LogP contribution is 2.45. The van der Waals surface area contributed by atoms with E-state index >= 15 is 0 Å². The van der Waals surface area contributed by atoms with Crippen LogP contribution < -0.4 is 14.2 Å². The number of aliphatic hydroxyl groups excluding tert-OH is 1. The maximum Gasteiger partial charge on any atom is 0.295 e. The summed E-state index contributed by atoms with van der Waals surface area (Å²) in [7, 11) is 4.50. The molecule has 10 heteroatoms. The molecule has 2 aromatic carbocycles. The highest BCUT2D eigenvalue weighted by Gasteiger charge is 2.46. The molecule has 36 heavy (non-hydrogen) atoms. The minimum atomic E-state index is -0.844. The Morgan fingerprint density at radius 1 is 1.00 bits per heavy atom. The lowest BCUT2D eigenvalue weighted by Crippen LogP contribution is -2.42. The summed E-state index contributed by atoms with van der Waals surface area (Å²) >= 11 is 3.38. The van der Waals surface area contributed by atoms with Crippen molar-refractivity contribution in [3.63, 3.8) is 0 Å². The Balaban J connectivity index is 1.83. The average Bonchev–Trinajstić information content (AvgIpc) is 3.16. The quantitative estimate of drug-likeness (QED) is 0.298. The number of rotatable bonds is 8. The van der Waals surface area contributed by atoms with E-state index in [0.717, 1.165) is 17.6 Å². The van der Waals surface area contributed by atoms with Crippen molar-refractivity contribution >= 4 is 33.4 Å². The number of carbonyl (C=O) groups is 2. The zero-order valence-corrected chi connectivity index (χ0v) is 22.0. The minimum Gasteiger partial charge on any atom is -0.507 e. The van der Waals surface area contributed by atoms with Crippen LogP contribution in [0.4, 0.5) is 0 Å². The highest BCUT2D eigenvalue weighted by atomic mass is 79.9. The fourth-order valence-electron chi connectivity index (χ4n) is 4.55. The number of nitrogens with zero attached hydrogens (tertiary/aromatic N) is 2. The van der Waals surface area contributed by atoms with Gasteiger partial charge in [0, 0.05) is 36.2 Å². The molecule has 0 aliphatic carbocycles. The van der Waals surface area contributed by atoms with Gasteiger partial charge in [-0.25, -0.2) is 0 Å². The van der Waals surface area contributed by atoms with Crippen LogP contribution in [0.25, 0.3) is 5.76 Å². The van der Waals surface area contributed by atoms with E-state index in [-0.39, 0.29) is 11.3 Å². The Labute approximate surface area is 218 Å². The number of aliphatic hydroxyl groups is 1. The van der Waals surface area contributed by atoms with Gasteiger partial charge in [-0.1, -0.05) is 28.1 Å². The third-order valence-electron chi connectivity index (χ3n) is 6.42. The summed E-state index contributed by atoms with van der Waals surface area (Å²) in [6.07, 6.45) is 0. The van der Waals surface area contributed by atoms with Crippen LogP contribution in [0.1, 0.15) is 17.2 Å². The van der Waals surface area contributed by atoms with Gasteiger partial charge in [-0.3, -0.25) is 14.5 Å². The highest BCUT2D eigenvalue weighted by molar-refractivity contribution is 9.10. The monoisotopic (exact) mass is 560 g/mol. The smallest absolute Gasteiger partial charge is 0.295 e. The molecule has 0 saturated carbocycles. The molecule has 4 rings (SSSR count). The molecule has 2 saturated heterocycles. The van der Waals surface area contributed by atoms with Crippen LogP contribution in [0.15, 0.2) is 46.4 Å². The zero-order chi connectivity index (χ0) is 25.8. The number of methoxy groups -OCH3 is 3. The fourth-order valence-corrected chi connectivity index (χ4v) is 4.82. The van der Waals surface area contributed by atoms with Crippen molar-refractivity contribution in [2.75, 3.05) is 60.7 Å². The summed E-state index contributed by atoms with van der Waals surface area (Å²) in [4.78, 5) is 30.3. The van der Waals surface area contributed by atoms with Crippen molar-refractivity contribution in [1.29, 1.82) is 0 Å². The van der Waals surface area contributed by atoms with Crippen LogP contribution in [-0.4, -0.2) is 87.3 Å². The first-order valence-electron chi connectivity index (χ1n) is 11.5. The second kappa shape index (κ2) is 11.3. The number of morpholine rings is 1. The van der Waals surface area contributed by atoms with Gasteiger partial charge < -0.3 is 29.0 Å². The Morgan fingerprint density at radius 2 is 1.61 bits per heavy atom. The predicted octanol–water partition coefficient (Wildman–Crippen LogP) is 3.23. The lowest BCUT2D eigenvalue weighted by molar-refractivity contribution is -0.140. The predicted molar refractivity (Wildman–Crippen MR) is 137 cm³/mol. The van der Waals surface area contributed by atoms with Crippen LogP contribution in [-0.2, 0) is 14.3 Å². The van der Waals surface area contributed by atoms with E-state index in [0.29, 0.717) is 54.7 Å². The first kappa shape index (κ1) is 26.0. The molecule has 1 atom stereocenters.